The number of pyridine rings is 1. The van der Waals surface area contributed by atoms with Crippen LogP contribution in [0.1, 0.15) is 21.7 Å². The molecule has 5 aromatic rings. The molecule has 0 saturated carbocycles. The lowest BCUT2D eigenvalue weighted by Gasteiger charge is -2.09. The Kier molecular flexibility index (Phi) is 4.32. The van der Waals surface area contributed by atoms with Crippen LogP contribution in [0.25, 0.3) is 33.5 Å². The Hall–Kier alpha value is -4.00. The van der Waals surface area contributed by atoms with E-state index in [9.17, 15) is 4.79 Å². The summed E-state index contributed by atoms with van der Waals surface area (Å²) in [5, 5.41) is 8.20. The van der Waals surface area contributed by atoms with Crippen molar-refractivity contribution in [1.29, 1.82) is 0 Å². The number of carbonyl (C=O) groups is 1. The Labute approximate surface area is 179 Å². The van der Waals surface area contributed by atoms with E-state index in [1.807, 2.05) is 70.4 Å². The predicted octanol–water partition coefficient (Wildman–Crippen LogP) is 4.39. The normalized spacial score (nSPS) is 11.4. The van der Waals surface area contributed by atoms with Gasteiger partial charge >= 0.3 is 0 Å². The van der Waals surface area contributed by atoms with Crippen LogP contribution >= 0.6 is 0 Å². The summed E-state index contributed by atoms with van der Waals surface area (Å²) in [6.45, 7) is 3.77. The van der Waals surface area contributed by atoms with Gasteiger partial charge in [0.15, 0.2) is 5.65 Å². The number of rotatable bonds is 3. The van der Waals surface area contributed by atoms with E-state index in [-0.39, 0.29) is 5.91 Å². The molecule has 2 aromatic carbocycles. The van der Waals surface area contributed by atoms with E-state index in [2.05, 4.69) is 26.0 Å². The van der Waals surface area contributed by atoms with Crippen LogP contribution in [-0.4, -0.2) is 30.2 Å². The topological polar surface area (TPSA) is 77.6 Å². The summed E-state index contributed by atoms with van der Waals surface area (Å²) in [4.78, 5) is 22.3. The molecular weight excluding hydrogens is 388 g/mol. The number of aryl methyl sites for hydroxylation is 4. The van der Waals surface area contributed by atoms with Gasteiger partial charge < -0.3 is 9.88 Å². The number of aromatic nitrogens is 5. The van der Waals surface area contributed by atoms with Crippen LogP contribution in [0.4, 0.5) is 5.69 Å². The van der Waals surface area contributed by atoms with Crippen molar-refractivity contribution in [2.45, 2.75) is 13.8 Å². The second kappa shape index (κ2) is 7.05. The van der Waals surface area contributed by atoms with Crippen molar-refractivity contribution in [3.63, 3.8) is 0 Å². The molecule has 0 atom stereocenters. The number of para-hydroxylation sites is 2. The average Bonchev–Trinajstić information content (AvgIpc) is 3.24. The van der Waals surface area contributed by atoms with Crippen molar-refractivity contribution in [2.24, 2.45) is 14.1 Å². The minimum Gasteiger partial charge on any atom is -0.327 e. The Morgan fingerprint density at radius 1 is 0.968 bits per heavy atom. The summed E-state index contributed by atoms with van der Waals surface area (Å²) in [5.74, 6) is 0.707. The van der Waals surface area contributed by atoms with Gasteiger partial charge in [-0.15, -0.1) is 0 Å². The molecule has 0 unspecified atom stereocenters. The van der Waals surface area contributed by atoms with Gasteiger partial charge in [0.05, 0.1) is 27.7 Å². The van der Waals surface area contributed by atoms with Crippen molar-refractivity contribution in [2.75, 3.05) is 5.32 Å². The van der Waals surface area contributed by atoms with Crippen molar-refractivity contribution in [3.8, 4) is 11.4 Å². The first-order valence-electron chi connectivity index (χ1n) is 10.1. The average molecular weight is 410 g/mol. The van der Waals surface area contributed by atoms with Gasteiger partial charge in [0.25, 0.3) is 5.91 Å². The summed E-state index contributed by atoms with van der Waals surface area (Å²) in [6, 6.07) is 17.6. The second-order valence-corrected chi connectivity index (χ2v) is 7.73. The lowest BCUT2D eigenvalue weighted by atomic mass is 10.1. The Balaban J connectivity index is 1.46. The largest absolute Gasteiger partial charge is 0.327 e. The molecule has 7 nitrogen and oxygen atoms in total. The molecule has 0 saturated heterocycles. The van der Waals surface area contributed by atoms with Gasteiger partial charge in [0.1, 0.15) is 5.82 Å². The highest BCUT2D eigenvalue weighted by atomic mass is 16.1. The van der Waals surface area contributed by atoms with Gasteiger partial charge in [-0.25, -0.2) is 9.97 Å². The number of anilines is 1. The first-order chi connectivity index (χ1) is 14.9. The molecule has 5 rings (SSSR count). The molecule has 1 amide bonds. The summed E-state index contributed by atoms with van der Waals surface area (Å²) < 4.78 is 3.78. The maximum Gasteiger partial charge on any atom is 0.256 e. The van der Waals surface area contributed by atoms with Crippen LogP contribution in [0.2, 0.25) is 0 Å². The maximum atomic E-state index is 13.1. The fourth-order valence-electron chi connectivity index (χ4n) is 4.05. The van der Waals surface area contributed by atoms with Gasteiger partial charge in [-0.3, -0.25) is 9.48 Å². The number of nitrogens with zero attached hydrogens (tertiary/aromatic N) is 5. The van der Waals surface area contributed by atoms with Gasteiger partial charge in [-0.2, -0.15) is 5.10 Å². The molecular formula is C24H22N6O. The highest BCUT2D eigenvalue weighted by Crippen LogP contribution is 2.26. The lowest BCUT2D eigenvalue weighted by molar-refractivity contribution is 0.102. The number of imidazole rings is 1. The van der Waals surface area contributed by atoms with Gasteiger partial charge in [0, 0.05) is 31.0 Å². The van der Waals surface area contributed by atoms with Gasteiger partial charge in [0.2, 0.25) is 0 Å². The summed E-state index contributed by atoms with van der Waals surface area (Å²) in [6.07, 6.45) is 0. The molecule has 3 heterocycles. The quantitative estimate of drug-likeness (QED) is 0.478. The van der Waals surface area contributed by atoms with E-state index >= 15 is 0 Å². The molecule has 0 aliphatic rings. The molecule has 0 radical (unpaired) electrons. The second-order valence-electron chi connectivity index (χ2n) is 7.73. The molecule has 0 spiro atoms. The molecule has 31 heavy (non-hydrogen) atoms. The Morgan fingerprint density at radius 3 is 2.45 bits per heavy atom. The first kappa shape index (κ1) is 19.0. The number of fused-ring (bicyclic) bond motifs is 2. The smallest absolute Gasteiger partial charge is 0.256 e. The van der Waals surface area contributed by atoms with Crippen molar-refractivity contribution in [3.05, 3.63) is 71.5 Å². The van der Waals surface area contributed by atoms with E-state index in [4.69, 9.17) is 4.98 Å². The summed E-state index contributed by atoms with van der Waals surface area (Å²) >= 11 is 0. The molecule has 3 aromatic heterocycles. The zero-order chi connectivity index (χ0) is 21.7. The van der Waals surface area contributed by atoms with E-state index in [0.29, 0.717) is 11.2 Å². The van der Waals surface area contributed by atoms with E-state index in [1.165, 1.54) is 0 Å². The predicted molar refractivity (Wildman–Crippen MR) is 122 cm³/mol. The number of nitrogens with one attached hydrogen (secondary N) is 1. The van der Waals surface area contributed by atoms with Crippen molar-refractivity contribution in [1.82, 2.24) is 24.3 Å². The van der Waals surface area contributed by atoms with Crippen LogP contribution < -0.4 is 5.32 Å². The molecule has 0 aliphatic carbocycles. The van der Waals surface area contributed by atoms with Crippen LogP contribution in [0, 0.1) is 13.8 Å². The highest BCUT2D eigenvalue weighted by Gasteiger charge is 2.18. The van der Waals surface area contributed by atoms with Crippen molar-refractivity contribution < 1.29 is 4.79 Å². The maximum absolute atomic E-state index is 13.1. The molecule has 154 valence electrons. The monoisotopic (exact) mass is 410 g/mol. The zero-order valence-electron chi connectivity index (χ0n) is 17.8. The molecule has 0 aliphatic heterocycles. The van der Waals surface area contributed by atoms with E-state index in [1.54, 1.807) is 10.7 Å². The summed E-state index contributed by atoms with van der Waals surface area (Å²) in [5.41, 5.74) is 6.59. The number of amides is 1. The fraction of sp³-hybridized carbons (Fsp3) is 0.167. The molecule has 7 heteroatoms. The fourth-order valence-corrected chi connectivity index (χ4v) is 4.05. The SMILES string of the molecule is Cc1cc(C(=O)Nc2ccc(-c3nc4ccccc4n3C)cc2)c2c(C)nn(C)c2n1. The Morgan fingerprint density at radius 2 is 1.71 bits per heavy atom. The minimum atomic E-state index is -0.179. The first-order valence-corrected chi connectivity index (χ1v) is 10.1. The van der Waals surface area contributed by atoms with Gasteiger partial charge in [-0.1, -0.05) is 12.1 Å². The van der Waals surface area contributed by atoms with Crippen LogP contribution in [-0.2, 0) is 14.1 Å². The standard InChI is InChI=1S/C24H22N6O/c1-14-13-18(21-15(2)28-30(4)23(21)25-14)24(31)26-17-11-9-16(10-12-17)22-27-19-7-5-6-8-20(19)29(22)3/h5-13H,1-4H3,(H,26,31). The number of hydrogen-bond donors (Lipinski definition) is 1. The summed E-state index contributed by atoms with van der Waals surface area (Å²) in [7, 11) is 3.84. The van der Waals surface area contributed by atoms with Crippen molar-refractivity contribution >= 4 is 33.7 Å². The minimum absolute atomic E-state index is 0.179. The third kappa shape index (κ3) is 3.15. The third-order valence-electron chi connectivity index (χ3n) is 5.53. The lowest BCUT2D eigenvalue weighted by Crippen LogP contribution is -2.13. The van der Waals surface area contributed by atoms with Crippen LogP contribution in [0.5, 0.6) is 0 Å². The molecule has 0 bridgehead atoms. The van der Waals surface area contributed by atoms with Crippen LogP contribution in [0.3, 0.4) is 0 Å². The van der Waals surface area contributed by atoms with E-state index in [0.717, 1.165) is 44.9 Å². The molecule has 0 fully saturated rings. The van der Waals surface area contributed by atoms with E-state index < -0.39 is 0 Å². The number of hydrogen-bond acceptors (Lipinski definition) is 4. The Bertz CT molecular complexity index is 1460. The zero-order valence-corrected chi connectivity index (χ0v) is 17.8. The highest BCUT2D eigenvalue weighted by molar-refractivity contribution is 6.12. The number of carbonyl (C=O) groups excluding carboxylic acids is 1. The number of benzene rings is 2. The third-order valence-corrected chi connectivity index (χ3v) is 5.53. The van der Waals surface area contributed by atoms with Gasteiger partial charge in [-0.05, 0) is 56.3 Å². The molecule has 1 N–H and O–H groups in total. The van der Waals surface area contributed by atoms with Crippen LogP contribution in [0.15, 0.2) is 54.6 Å².